The van der Waals surface area contributed by atoms with Crippen molar-refractivity contribution < 1.29 is 9.31 Å². The maximum Gasteiger partial charge on any atom is 0.272 e. The third-order valence-corrected chi connectivity index (χ3v) is 2.98. The zero-order valence-electron chi connectivity index (χ0n) is 10.8. The number of benzene rings is 1. The summed E-state index contributed by atoms with van der Waals surface area (Å²) >= 11 is 0. The van der Waals surface area contributed by atoms with Gasteiger partial charge in [-0.25, -0.2) is 4.39 Å². The second kappa shape index (κ2) is 7.06. The van der Waals surface area contributed by atoms with Crippen molar-refractivity contribution in [3.8, 4) is 0 Å². The van der Waals surface area contributed by atoms with E-state index in [1.807, 2.05) is 7.05 Å². The van der Waals surface area contributed by atoms with E-state index in [0.29, 0.717) is 18.0 Å². The molecular weight excluding hydrogens is 235 g/mol. The van der Waals surface area contributed by atoms with E-state index in [-0.39, 0.29) is 5.69 Å². The predicted molar refractivity (Wildman–Crippen MR) is 69.1 cm³/mol. The van der Waals surface area contributed by atoms with Gasteiger partial charge in [0.25, 0.3) is 5.69 Å². The lowest BCUT2D eigenvalue weighted by Gasteiger charge is -2.14. The Morgan fingerprint density at radius 1 is 1.39 bits per heavy atom. The van der Waals surface area contributed by atoms with E-state index in [1.54, 1.807) is 0 Å². The molecule has 0 aliphatic carbocycles. The van der Waals surface area contributed by atoms with E-state index in [4.69, 9.17) is 0 Å². The van der Waals surface area contributed by atoms with Crippen molar-refractivity contribution in [1.29, 1.82) is 0 Å². The molecule has 100 valence electrons. The fourth-order valence-corrected chi connectivity index (χ4v) is 2.01. The molecule has 0 bridgehead atoms. The summed E-state index contributed by atoms with van der Waals surface area (Å²) in [5.74, 6) is -0.546. The van der Waals surface area contributed by atoms with E-state index in [1.165, 1.54) is 12.1 Å². The zero-order valence-corrected chi connectivity index (χ0v) is 10.8. The van der Waals surface area contributed by atoms with E-state index >= 15 is 0 Å². The molecule has 18 heavy (non-hydrogen) atoms. The van der Waals surface area contributed by atoms with Crippen LogP contribution in [0.1, 0.15) is 31.7 Å². The second-order valence-electron chi connectivity index (χ2n) is 4.39. The van der Waals surface area contributed by atoms with Crippen molar-refractivity contribution in [1.82, 2.24) is 5.32 Å². The summed E-state index contributed by atoms with van der Waals surface area (Å²) in [5.41, 5.74) is 0.500. The minimum absolute atomic E-state index is 0.179. The lowest BCUT2D eigenvalue weighted by atomic mass is 10.0. The highest BCUT2D eigenvalue weighted by Gasteiger charge is 2.11. The molecule has 0 heterocycles. The SMILES string of the molecule is CCCC(CCc1cc(F)cc([N+](=O)[O-])c1)NC. The summed E-state index contributed by atoms with van der Waals surface area (Å²) in [6.07, 6.45) is 3.62. The number of nitro benzene ring substituents is 1. The standard InChI is InChI=1S/C13H19FN2O2/c1-3-4-12(15-2)6-5-10-7-11(14)9-13(8-10)16(17)18/h7-9,12,15H,3-6H2,1-2H3. The van der Waals surface area contributed by atoms with Crippen LogP contribution in [-0.4, -0.2) is 18.0 Å². The molecule has 0 saturated heterocycles. The molecule has 4 nitrogen and oxygen atoms in total. The maximum absolute atomic E-state index is 13.2. The Labute approximate surface area is 106 Å². The predicted octanol–water partition coefficient (Wildman–Crippen LogP) is 3.05. The van der Waals surface area contributed by atoms with E-state index in [9.17, 15) is 14.5 Å². The first-order chi connectivity index (χ1) is 8.56. The van der Waals surface area contributed by atoms with Crippen molar-refractivity contribution in [3.63, 3.8) is 0 Å². The highest BCUT2D eigenvalue weighted by molar-refractivity contribution is 5.35. The van der Waals surface area contributed by atoms with Crippen LogP contribution in [0.5, 0.6) is 0 Å². The summed E-state index contributed by atoms with van der Waals surface area (Å²) < 4.78 is 13.2. The highest BCUT2D eigenvalue weighted by Crippen LogP contribution is 2.18. The van der Waals surface area contributed by atoms with Crippen LogP contribution in [-0.2, 0) is 6.42 Å². The van der Waals surface area contributed by atoms with Gasteiger partial charge in [0, 0.05) is 12.1 Å². The van der Waals surface area contributed by atoms with Crippen LogP contribution in [0.4, 0.5) is 10.1 Å². The van der Waals surface area contributed by atoms with Gasteiger partial charge in [-0.05, 0) is 37.9 Å². The Bertz CT molecular complexity index is 410. The van der Waals surface area contributed by atoms with Crippen LogP contribution in [0, 0.1) is 15.9 Å². The molecule has 1 aromatic rings. The smallest absolute Gasteiger partial charge is 0.272 e. The first-order valence-corrected chi connectivity index (χ1v) is 6.18. The van der Waals surface area contributed by atoms with E-state index in [2.05, 4.69) is 12.2 Å². The maximum atomic E-state index is 13.2. The summed E-state index contributed by atoms with van der Waals surface area (Å²) in [5, 5.41) is 13.8. The number of nitrogens with one attached hydrogen (secondary N) is 1. The quantitative estimate of drug-likeness (QED) is 0.601. The van der Waals surface area contributed by atoms with Gasteiger partial charge >= 0.3 is 0 Å². The molecule has 0 aliphatic heterocycles. The Morgan fingerprint density at radius 2 is 2.11 bits per heavy atom. The van der Waals surface area contributed by atoms with Crippen LogP contribution >= 0.6 is 0 Å². The minimum Gasteiger partial charge on any atom is -0.317 e. The van der Waals surface area contributed by atoms with Gasteiger partial charge in [0.2, 0.25) is 0 Å². The van der Waals surface area contributed by atoms with Gasteiger partial charge in [-0.1, -0.05) is 13.3 Å². The average Bonchev–Trinajstić information content (AvgIpc) is 2.33. The Kier molecular flexibility index (Phi) is 5.71. The molecule has 0 saturated carbocycles. The molecule has 0 fully saturated rings. The zero-order chi connectivity index (χ0) is 13.5. The van der Waals surface area contributed by atoms with Crippen LogP contribution in [0.15, 0.2) is 18.2 Å². The van der Waals surface area contributed by atoms with Crippen molar-refractivity contribution in [2.75, 3.05) is 7.05 Å². The Hall–Kier alpha value is -1.49. The second-order valence-corrected chi connectivity index (χ2v) is 4.39. The van der Waals surface area contributed by atoms with E-state index < -0.39 is 10.7 Å². The summed E-state index contributed by atoms with van der Waals surface area (Å²) in [7, 11) is 1.90. The van der Waals surface area contributed by atoms with Crippen molar-refractivity contribution >= 4 is 5.69 Å². The minimum atomic E-state index is -0.561. The Balaban J connectivity index is 2.69. The lowest BCUT2D eigenvalue weighted by molar-refractivity contribution is -0.385. The summed E-state index contributed by atoms with van der Waals surface area (Å²) in [6, 6.07) is 4.13. The van der Waals surface area contributed by atoms with Crippen LogP contribution in [0.3, 0.4) is 0 Å². The number of aryl methyl sites for hydroxylation is 1. The molecule has 1 rings (SSSR count). The molecule has 1 aromatic carbocycles. The fraction of sp³-hybridized carbons (Fsp3) is 0.538. The van der Waals surface area contributed by atoms with Crippen LogP contribution in [0.2, 0.25) is 0 Å². The number of nitro groups is 1. The summed E-state index contributed by atoms with van der Waals surface area (Å²) in [6.45, 7) is 2.11. The molecule has 0 amide bonds. The average molecular weight is 254 g/mol. The largest absolute Gasteiger partial charge is 0.317 e. The van der Waals surface area contributed by atoms with Gasteiger partial charge in [0.15, 0.2) is 0 Å². The first-order valence-electron chi connectivity index (χ1n) is 6.18. The number of hydrogen-bond acceptors (Lipinski definition) is 3. The van der Waals surface area contributed by atoms with Gasteiger partial charge in [-0.2, -0.15) is 0 Å². The van der Waals surface area contributed by atoms with Crippen molar-refractivity contribution in [2.24, 2.45) is 0 Å². The van der Waals surface area contributed by atoms with Gasteiger partial charge in [-0.3, -0.25) is 10.1 Å². The highest BCUT2D eigenvalue weighted by atomic mass is 19.1. The van der Waals surface area contributed by atoms with Gasteiger partial charge in [-0.15, -0.1) is 0 Å². The van der Waals surface area contributed by atoms with Crippen molar-refractivity contribution in [2.45, 2.75) is 38.6 Å². The third-order valence-electron chi connectivity index (χ3n) is 2.98. The van der Waals surface area contributed by atoms with Crippen molar-refractivity contribution in [3.05, 3.63) is 39.7 Å². The van der Waals surface area contributed by atoms with Gasteiger partial charge < -0.3 is 5.32 Å². The molecule has 1 N–H and O–H groups in total. The molecular formula is C13H19FN2O2. The molecule has 1 atom stereocenters. The van der Waals surface area contributed by atoms with Crippen LogP contribution in [0.25, 0.3) is 0 Å². The summed E-state index contributed by atoms with van der Waals surface area (Å²) in [4.78, 5) is 10.1. The lowest BCUT2D eigenvalue weighted by Crippen LogP contribution is -2.25. The molecule has 5 heteroatoms. The number of non-ortho nitro benzene ring substituents is 1. The molecule has 0 aromatic heterocycles. The molecule has 1 unspecified atom stereocenters. The topological polar surface area (TPSA) is 55.2 Å². The molecule has 0 aliphatic rings. The van der Waals surface area contributed by atoms with E-state index in [0.717, 1.165) is 25.3 Å². The number of rotatable bonds is 7. The number of nitrogens with zero attached hydrogens (tertiary/aromatic N) is 1. The number of halogens is 1. The monoisotopic (exact) mass is 254 g/mol. The molecule has 0 spiro atoms. The number of hydrogen-bond donors (Lipinski definition) is 1. The van der Waals surface area contributed by atoms with Gasteiger partial charge in [0.1, 0.15) is 5.82 Å². The normalized spacial score (nSPS) is 12.4. The third kappa shape index (κ3) is 4.41. The first kappa shape index (κ1) is 14.6. The fourth-order valence-electron chi connectivity index (χ4n) is 2.01. The van der Waals surface area contributed by atoms with Crippen LogP contribution < -0.4 is 5.32 Å². The van der Waals surface area contributed by atoms with Gasteiger partial charge in [0.05, 0.1) is 11.0 Å². The Morgan fingerprint density at radius 3 is 2.67 bits per heavy atom. The molecule has 0 radical (unpaired) electrons.